The molecule has 0 bridgehead atoms. The zero-order chi connectivity index (χ0) is 22.2. The van der Waals surface area contributed by atoms with Crippen molar-refractivity contribution in [1.82, 2.24) is 9.55 Å². The molecule has 0 amide bonds. The number of para-hydroxylation sites is 1. The number of primary sulfonamides is 1. The molecule has 31 heavy (non-hydrogen) atoms. The van der Waals surface area contributed by atoms with E-state index in [9.17, 15) is 13.2 Å². The maximum atomic E-state index is 12.9. The molecule has 0 aliphatic heterocycles. The van der Waals surface area contributed by atoms with Gasteiger partial charge in [0.25, 0.3) is 0 Å². The van der Waals surface area contributed by atoms with Crippen molar-refractivity contribution >= 4 is 38.5 Å². The Morgan fingerprint density at radius 1 is 1.03 bits per heavy atom. The third kappa shape index (κ3) is 4.41. The minimum Gasteiger partial charge on any atom is -0.318 e. The van der Waals surface area contributed by atoms with Crippen LogP contribution in [0.15, 0.2) is 76.7 Å². The van der Waals surface area contributed by atoms with Crippen LogP contribution in [-0.4, -0.2) is 29.5 Å². The first-order chi connectivity index (χ1) is 14.7. The van der Waals surface area contributed by atoms with Gasteiger partial charge in [0, 0.05) is 28.0 Å². The van der Waals surface area contributed by atoms with E-state index in [0.717, 1.165) is 33.0 Å². The molecule has 0 fully saturated rings. The van der Waals surface area contributed by atoms with Crippen molar-refractivity contribution in [3.05, 3.63) is 83.7 Å². The number of nitrogens with two attached hydrogens (primary N) is 1. The second kappa shape index (κ2) is 8.30. The fourth-order valence-electron chi connectivity index (χ4n) is 3.57. The van der Waals surface area contributed by atoms with Gasteiger partial charge in [0.2, 0.25) is 10.0 Å². The molecule has 4 aromatic rings. The van der Waals surface area contributed by atoms with Gasteiger partial charge >= 0.3 is 0 Å². The van der Waals surface area contributed by atoms with Gasteiger partial charge in [0.05, 0.1) is 21.2 Å². The number of rotatable bonds is 6. The van der Waals surface area contributed by atoms with Crippen LogP contribution in [0.2, 0.25) is 0 Å². The molecular weight excluding hydrogens is 430 g/mol. The molecule has 0 unspecified atom stereocenters. The van der Waals surface area contributed by atoms with E-state index in [2.05, 4.69) is 4.98 Å². The Kier molecular flexibility index (Phi) is 5.70. The van der Waals surface area contributed by atoms with Gasteiger partial charge < -0.3 is 4.57 Å². The first-order valence-electron chi connectivity index (χ1n) is 9.58. The minimum atomic E-state index is -3.75. The lowest BCUT2D eigenvalue weighted by molar-refractivity contribution is 0.102. The van der Waals surface area contributed by atoms with E-state index in [0.29, 0.717) is 5.56 Å². The lowest BCUT2D eigenvalue weighted by Crippen LogP contribution is -2.12. The summed E-state index contributed by atoms with van der Waals surface area (Å²) >= 11 is 1.41. The number of hydrogen-bond donors (Lipinski definition) is 1. The van der Waals surface area contributed by atoms with Gasteiger partial charge in [-0.3, -0.25) is 4.79 Å². The predicted octanol–water partition coefficient (Wildman–Crippen LogP) is 4.26. The van der Waals surface area contributed by atoms with E-state index in [4.69, 9.17) is 5.14 Å². The zero-order valence-electron chi connectivity index (χ0n) is 17.1. The lowest BCUT2D eigenvalue weighted by atomic mass is 10.2. The number of thioether (sulfide) groups is 1. The molecule has 2 aromatic heterocycles. The van der Waals surface area contributed by atoms with Gasteiger partial charge in [-0.2, -0.15) is 0 Å². The Morgan fingerprint density at radius 3 is 2.45 bits per heavy atom. The fraction of sp³-hybridized carbons (Fsp3) is 0.130. The van der Waals surface area contributed by atoms with Crippen molar-refractivity contribution in [2.75, 3.05) is 5.75 Å². The Labute approximate surface area is 185 Å². The van der Waals surface area contributed by atoms with Crippen LogP contribution in [0.4, 0.5) is 0 Å². The fourth-order valence-corrected chi connectivity index (χ4v) is 4.85. The van der Waals surface area contributed by atoms with E-state index in [1.54, 1.807) is 12.1 Å². The van der Waals surface area contributed by atoms with Crippen molar-refractivity contribution in [1.29, 1.82) is 0 Å². The van der Waals surface area contributed by atoms with E-state index >= 15 is 0 Å². The number of hydrogen-bond acceptors (Lipinski definition) is 5. The number of aryl methyl sites for hydroxylation is 1. The van der Waals surface area contributed by atoms with Gasteiger partial charge in [-0.25, -0.2) is 18.5 Å². The van der Waals surface area contributed by atoms with Gasteiger partial charge in [-0.1, -0.05) is 36.0 Å². The molecule has 0 saturated heterocycles. The Hall–Kier alpha value is -2.94. The highest BCUT2D eigenvalue weighted by atomic mass is 32.2. The number of carbonyl (C=O) groups is 1. The number of ketones is 1. The van der Waals surface area contributed by atoms with E-state index in [1.807, 2.05) is 60.9 Å². The van der Waals surface area contributed by atoms with E-state index in [1.165, 1.54) is 23.9 Å². The first-order valence-corrected chi connectivity index (χ1v) is 12.1. The first kappa shape index (κ1) is 21.3. The van der Waals surface area contributed by atoms with Gasteiger partial charge in [-0.15, -0.1) is 0 Å². The summed E-state index contributed by atoms with van der Waals surface area (Å²) in [5, 5.41) is 7.04. The molecule has 0 aliphatic carbocycles. The second-order valence-corrected chi connectivity index (χ2v) is 9.77. The SMILES string of the molecule is Cc1cc(C(=O)CSc2ccc3ccccc3n2)c(C)n1-c1ccc(S(N)(=O)=O)cc1. The molecule has 6 nitrogen and oxygen atoms in total. The number of Topliss-reactive ketones (excluding diaryl/α,β-unsaturated/α-hetero) is 1. The van der Waals surface area contributed by atoms with Crippen LogP contribution >= 0.6 is 11.8 Å². The molecule has 0 spiro atoms. The van der Waals surface area contributed by atoms with Crippen LogP contribution in [0.25, 0.3) is 16.6 Å². The summed E-state index contributed by atoms with van der Waals surface area (Å²) in [5.41, 5.74) is 4.00. The van der Waals surface area contributed by atoms with Crippen molar-refractivity contribution in [3.63, 3.8) is 0 Å². The van der Waals surface area contributed by atoms with Gasteiger partial charge in [0.1, 0.15) is 0 Å². The smallest absolute Gasteiger partial charge is 0.238 e. The average Bonchev–Trinajstić information content (AvgIpc) is 3.05. The average molecular weight is 452 g/mol. The lowest BCUT2D eigenvalue weighted by Gasteiger charge is -2.10. The van der Waals surface area contributed by atoms with E-state index in [-0.39, 0.29) is 16.4 Å². The normalized spacial score (nSPS) is 11.7. The van der Waals surface area contributed by atoms with Crippen LogP contribution < -0.4 is 5.14 Å². The maximum absolute atomic E-state index is 12.9. The van der Waals surface area contributed by atoms with Crippen LogP contribution in [0.3, 0.4) is 0 Å². The molecule has 4 rings (SSSR count). The number of sulfonamides is 1. The Bertz CT molecular complexity index is 1390. The van der Waals surface area contributed by atoms with E-state index < -0.39 is 10.0 Å². The molecule has 0 atom stereocenters. The molecule has 0 saturated carbocycles. The standard InChI is InChI=1S/C23H21N3O3S2/c1-15-13-20(16(2)26(15)18-8-10-19(11-9-18)31(24,28)29)22(27)14-30-23-12-7-17-5-3-4-6-21(17)25-23/h3-13H,14H2,1-2H3,(H2,24,28,29). The molecular formula is C23H21N3O3S2. The van der Waals surface area contributed by atoms with Crippen molar-refractivity contribution in [2.45, 2.75) is 23.8 Å². The summed E-state index contributed by atoms with van der Waals surface area (Å²) in [7, 11) is -3.75. The zero-order valence-corrected chi connectivity index (χ0v) is 18.7. The van der Waals surface area contributed by atoms with Crippen molar-refractivity contribution in [3.8, 4) is 5.69 Å². The quantitative estimate of drug-likeness (QED) is 0.349. The number of benzene rings is 2. The minimum absolute atomic E-state index is 0.0143. The summed E-state index contributed by atoms with van der Waals surface area (Å²) in [6.45, 7) is 3.79. The number of fused-ring (bicyclic) bond motifs is 1. The molecule has 2 N–H and O–H groups in total. The maximum Gasteiger partial charge on any atom is 0.238 e. The van der Waals surface area contributed by atoms with Crippen LogP contribution in [-0.2, 0) is 10.0 Å². The summed E-state index contributed by atoms with van der Waals surface area (Å²) in [5.74, 6) is 0.292. The van der Waals surface area contributed by atoms with Crippen LogP contribution in [0.1, 0.15) is 21.7 Å². The van der Waals surface area contributed by atoms with Crippen LogP contribution in [0, 0.1) is 13.8 Å². The third-order valence-corrected chi connectivity index (χ3v) is 6.94. The Morgan fingerprint density at radius 2 is 1.74 bits per heavy atom. The topological polar surface area (TPSA) is 95.0 Å². The largest absolute Gasteiger partial charge is 0.318 e. The van der Waals surface area contributed by atoms with Crippen molar-refractivity contribution in [2.24, 2.45) is 5.14 Å². The van der Waals surface area contributed by atoms with Crippen molar-refractivity contribution < 1.29 is 13.2 Å². The van der Waals surface area contributed by atoms with Gasteiger partial charge in [-0.05, 0) is 56.3 Å². The summed E-state index contributed by atoms with van der Waals surface area (Å²) < 4.78 is 24.9. The highest BCUT2D eigenvalue weighted by molar-refractivity contribution is 7.99. The Balaban J connectivity index is 1.55. The second-order valence-electron chi connectivity index (χ2n) is 7.21. The molecule has 2 heterocycles. The van der Waals surface area contributed by atoms with Gasteiger partial charge in [0.15, 0.2) is 5.78 Å². The number of carbonyl (C=O) groups excluding carboxylic acids is 1. The molecule has 158 valence electrons. The number of aromatic nitrogens is 2. The molecule has 8 heteroatoms. The third-order valence-electron chi connectivity index (χ3n) is 5.08. The highest BCUT2D eigenvalue weighted by Gasteiger charge is 2.18. The molecule has 2 aromatic carbocycles. The van der Waals surface area contributed by atoms with Crippen LogP contribution in [0.5, 0.6) is 0 Å². The summed E-state index contributed by atoms with van der Waals surface area (Å²) in [6.07, 6.45) is 0. The number of pyridine rings is 1. The number of nitrogens with zero attached hydrogens (tertiary/aromatic N) is 2. The summed E-state index contributed by atoms with van der Waals surface area (Å²) in [6, 6.07) is 20.0. The monoisotopic (exact) mass is 451 g/mol. The molecule has 0 radical (unpaired) electrons. The predicted molar refractivity (Wildman–Crippen MR) is 123 cm³/mol. The molecule has 0 aliphatic rings. The highest BCUT2D eigenvalue weighted by Crippen LogP contribution is 2.25. The summed E-state index contributed by atoms with van der Waals surface area (Å²) in [4.78, 5) is 17.6.